The molecule has 1 heterocycles. The topological polar surface area (TPSA) is 21.3 Å². The van der Waals surface area contributed by atoms with Gasteiger partial charge in [0.1, 0.15) is 5.75 Å². The molecular formula is C16H21NOS. The molecule has 1 aromatic carbocycles. The van der Waals surface area contributed by atoms with Gasteiger partial charge in [-0.1, -0.05) is 26.0 Å². The van der Waals surface area contributed by atoms with Crippen molar-refractivity contribution in [1.29, 1.82) is 0 Å². The van der Waals surface area contributed by atoms with Crippen molar-refractivity contribution in [3.63, 3.8) is 0 Å². The standard InChI is InChI=1S/C16H21NOS/c1-3-11-18-16-8-6-5-7-15(16)17-12-14-10-9-13(4-2)19-14/h5-10,17H,3-4,11-12H2,1-2H3. The first-order valence-corrected chi connectivity index (χ1v) is 7.68. The number of anilines is 1. The molecule has 2 rings (SSSR count). The maximum atomic E-state index is 5.74. The third-order valence-electron chi connectivity index (χ3n) is 2.87. The molecule has 0 amide bonds. The van der Waals surface area contributed by atoms with Gasteiger partial charge in [0.15, 0.2) is 0 Å². The zero-order chi connectivity index (χ0) is 13.5. The summed E-state index contributed by atoms with van der Waals surface area (Å²) < 4.78 is 5.74. The van der Waals surface area contributed by atoms with Gasteiger partial charge in [-0.25, -0.2) is 0 Å². The van der Waals surface area contributed by atoms with Crippen LogP contribution in [-0.2, 0) is 13.0 Å². The average molecular weight is 275 g/mol. The van der Waals surface area contributed by atoms with Crippen LogP contribution in [0.15, 0.2) is 36.4 Å². The molecule has 0 aliphatic heterocycles. The van der Waals surface area contributed by atoms with E-state index in [1.165, 1.54) is 9.75 Å². The molecule has 102 valence electrons. The number of hydrogen-bond donors (Lipinski definition) is 1. The van der Waals surface area contributed by atoms with E-state index in [-0.39, 0.29) is 0 Å². The van der Waals surface area contributed by atoms with Crippen molar-refractivity contribution in [2.45, 2.75) is 33.2 Å². The fraction of sp³-hybridized carbons (Fsp3) is 0.375. The van der Waals surface area contributed by atoms with E-state index in [9.17, 15) is 0 Å². The minimum Gasteiger partial charge on any atom is -0.491 e. The van der Waals surface area contributed by atoms with Crippen LogP contribution in [0.4, 0.5) is 5.69 Å². The van der Waals surface area contributed by atoms with Crippen LogP contribution >= 0.6 is 11.3 Å². The fourth-order valence-corrected chi connectivity index (χ4v) is 2.74. The SMILES string of the molecule is CCCOc1ccccc1NCc1ccc(CC)s1. The molecule has 2 aromatic rings. The van der Waals surface area contributed by atoms with Gasteiger partial charge >= 0.3 is 0 Å². The summed E-state index contributed by atoms with van der Waals surface area (Å²) in [5.41, 5.74) is 1.07. The smallest absolute Gasteiger partial charge is 0.142 e. The van der Waals surface area contributed by atoms with E-state index in [0.717, 1.165) is 37.4 Å². The lowest BCUT2D eigenvalue weighted by Crippen LogP contribution is -2.02. The van der Waals surface area contributed by atoms with E-state index in [1.54, 1.807) is 0 Å². The molecule has 3 heteroatoms. The number of nitrogens with one attached hydrogen (secondary N) is 1. The average Bonchev–Trinajstić information content (AvgIpc) is 2.91. The molecule has 0 fully saturated rings. The van der Waals surface area contributed by atoms with Gasteiger partial charge in [0.2, 0.25) is 0 Å². The van der Waals surface area contributed by atoms with Gasteiger partial charge in [0, 0.05) is 16.3 Å². The van der Waals surface area contributed by atoms with Crippen molar-refractivity contribution in [3.8, 4) is 5.75 Å². The molecule has 0 saturated carbocycles. The van der Waals surface area contributed by atoms with Gasteiger partial charge < -0.3 is 10.1 Å². The van der Waals surface area contributed by atoms with E-state index >= 15 is 0 Å². The van der Waals surface area contributed by atoms with Crippen LogP contribution < -0.4 is 10.1 Å². The maximum Gasteiger partial charge on any atom is 0.142 e. The van der Waals surface area contributed by atoms with E-state index < -0.39 is 0 Å². The summed E-state index contributed by atoms with van der Waals surface area (Å²) in [6, 6.07) is 12.5. The minimum absolute atomic E-state index is 0.762. The number of hydrogen-bond acceptors (Lipinski definition) is 3. The summed E-state index contributed by atoms with van der Waals surface area (Å²) in [5.74, 6) is 0.941. The Morgan fingerprint density at radius 1 is 1.05 bits per heavy atom. The highest BCUT2D eigenvalue weighted by atomic mass is 32.1. The summed E-state index contributed by atoms with van der Waals surface area (Å²) in [7, 11) is 0. The van der Waals surface area contributed by atoms with Crippen molar-refractivity contribution in [2.75, 3.05) is 11.9 Å². The quantitative estimate of drug-likeness (QED) is 0.790. The van der Waals surface area contributed by atoms with Crippen LogP contribution in [0.25, 0.3) is 0 Å². The highest BCUT2D eigenvalue weighted by Gasteiger charge is 2.03. The van der Waals surface area contributed by atoms with Crippen molar-refractivity contribution in [1.82, 2.24) is 0 Å². The second kappa shape index (κ2) is 7.19. The van der Waals surface area contributed by atoms with Gasteiger partial charge in [0.25, 0.3) is 0 Å². The molecule has 0 atom stereocenters. The first-order valence-electron chi connectivity index (χ1n) is 6.86. The minimum atomic E-state index is 0.762. The fourth-order valence-electron chi connectivity index (χ4n) is 1.84. The van der Waals surface area contributed by atoms with Crippen molar-refractivity contribution in [3.05, 3.63) is 46.2 Å². The summed E-state index contributed by atoms with van der Waals surface area (Å²) in [4.78, 5) is 2.80. The number of benzene rings is 1. The van der Waals surface area contributed by atoms with E-state index in [0.29, 0.717) is 0 Å². The molecule has 1 aromatic heterocycles. The van der Waals surface area contributed by atoms with Crippen LogP contribution in [0, 0.1) is 0 Å². The maximum absolute atomic E-state index is 5.74. The highest BCUT2D eigenvalue weighted by molar-refractivity contribution is 7.12. The van der Waals surface area contributed by atoms with Crippen LogP contribution in [0.3, 0.4) is 0 Å². The lowest BCUT2D eigenvalue weighted by atomic mass is 10.3. The first-order chi connectivity index (χ1) is 9.33. The predicted octanol–water partition coefficient (Wildman–Crippen LogP) is 4.71. The Bertz CT molecular complexity index is 507. The molecule has 0 aliphatic carbocycles. The van der Waals surface area contributed by atoms with Gasteiger partial charge in [-0.3, -0.25) is 0 Å². The lowest BCUT2D eigenvalue weighted by molar-refractivity contribution is 0.319. The number of thiophene rings is 1. The molecule has 0 bridgehead atoms. The Labute approximate surface area is 119 Å². The Morgan fingerprint density at radius 2 is 1.84 bits per heavy atom. The highest BCUT2D eigenvalue weighted by Crippen LogP contribution is 2.25. The van der Waals surface area contributed by atoms with E-state index in [2.05, 4.69) is 37.4 Å². The number of ether oxygens (including phenoxy) is 1. The lowest BCUT2D eigenvalue weighted by Gasteiger charge is -2.12. The zero-order valence-electron chi connectivity index (χ0n) is 11.6. The third kappa shape index (κ3) is 4.00. The van der Waals surface area contributed by atoms with Crippen molar-refractivity contribution < 1.29 is 4.74 Å². The summed E-state index contributed by atoms with van der Waals surface area (Å²) >= 11 is 1.87. The molecule has 0 unspecified atom stereocenters. The Balaban J connectivity index is 1.98. The molecule has 1 N–H and O–H groups in total. The Morgan fingerprint density at radius 3 is 2.58 bits per heavy atom. The van der Waals surface area contributed by atoms with Crippen molar-refractivity contribution in [2.24, 2.45) is 0 Å². The third-order valence-corrected chi connectivity index (χ3v) is 4.10. The second-order valence-corrected chi connectivity index (χ2v) is 5.67. The van der Waals surface area contributed by atoms with Gasteiger partial charge in [0.05, 0.1) is 12.3 Å². The van der Waals surface area contributed by atoms with Gasteiger partial charge in [-0.2, -0.15) is 0 Å². The Kier molecular flexibility index (Phi) is 5.28. The summed E-state index contributed by atoms with van der Waals surface area (Å²) in [6.45, 7) is 5.93. The normalized spacial score (nSPS) is 10.4. The van der Waals surface area contributed by atoms with Crippen LogP contribution in [-0.4, -0.2) is 6.61 Å². The van der Waals surface area contributed by atoms with Gasteiger partial charge in [-0.15, -0.1) is 11.3 Å². The molecule has 0 spiro atoms. The first kappa shape index (κ1) is 13.9. The van der Waals surface area contributed by atoms with Crippen molar-refractivity contribution >= 4 is 17.0 Å². The zero-order valence-corrected chi connectivity index (χ0v) is 12.4. The van der Waals surface area contributed by atoms with Crippen LogP contribution in [0.5, 0.6) is 5.75 Å². The molecule has 0 aliphatic rings. The monoisotopic (exact) mass is 275 g/mol. The number of para-hydroxylation sites is 2. The molecule has 19 heavy (non-hydrogen) atoms. The summed E-state index contributed by atoms with van der Waals surface area (Å²) in [5, 5.41) is 3.46. The largest absolute Gasteiger partial charge is 0.491 e. The van der Waals surface area contributed by atoms with Crippen LogP contribution in [0.1, 0.15) is 30.0 Å². The predicted molar refractivity (Wildman–Crippen MR) is 83.3 cm³/mol. The molecule has 2 nitrogen and oxygen atoms in total. The second-order valence-electron chi connectivity index (χ2n) is 4.42. The number of rotatable bonds is 7. The van der Waals surface area contributed by atoms with E-state index in [1.807, 2.05) is 29.5 Å². The molecular weight excluding hydrogens is 254 g/mol. The molecule has 0 radical (unpaired) electrons. The van der Waals surface area contributed by atoms with Gasteiger partial charge in [-0.05, 0) is 37.1 Å². The summed E-state index contributed by atoms with van der Waals surface area (Å²) in [6.07, 6.45) is 2.14. The Hall–Kier alpha value is -1.48. The number of aryl methyl sites for hydroxylation is 1. The van der Waals surface area contributed by atoms with E-state index in [4.69, 9.17) is 4.74 Å². The van der Waals surface area contributed by atoms with Crippen LogP contribution in [0.2, 0.25) is 0 Å². The molecule has 0 saturated heterocycles.